The highest BCUT2D eigenvalue weighted by Crippen LogP contribution is 2.36. The molecule has 0 spiro atoms. The van der Waals surface area contributed by atoms with E-state index in [1.54, 1.807) is 17.5 Å². The van der Waals surface area contributed by atoms with Crippen molar-refractivity contribution < 1.29 is 4.79 Å². The van der Waals surface area contributed by atoms with Gasteiger partial charge in [-0.05, 0) is 42.7 Å². The van der Waals surface area contributed by atoms with Gasteiger partial charge in [0.25, 0.3) is 0 Å². The lowest BCUT2D eigenvalue weighted by Gasteiger charge is -2.30. The van der Waals surface area contributed by atoms with Gasteiger partial charge in [0.2, 0.25) is 5.91 Å². The van der Waals surface area contributed by atoms with Crippen LogP contribution in [0.15, 0.2) is 29.8 Å². The molecule has 0 radical (unpaired) electrons. The van der Waals surface area contributed by atoms with E-state index < -0.39 is 0 Å². The fourth-order valence-electron chi connectivity index (χ4n) is 3.49. The molecule has 5 heteroatoms. The predicted octanol–water partition coefficient (Wildman–Crippen LogP) is 3.85. The number of aryl methyl sites for hydroxylation is 2. The molecule has 3 rings (SSSR count). The van der Waals surface area contributed by atoms with Crippen LogP contribution in [0.3, 0.4) is 0 Å². The van der Waals surface area contributed by atoms with Crippen LogP contribution >= 0.6 is 11.3 Å². The second-order valence-electron chi connectivity index (χ2n) is 6.40. The van der Waals surface area contributed by atoms with Gasteiger partial charge in [-0.3, -0.25) is 9.48 Å². The number of hydrogen-bond acceptors (Lipinski definition) is 3. The number of aromatic nitrogens is 2. The lowest BCUT2D eigenvalue weighted by atomic mass is 9.83. The van der Waals surface area contributed by atoms with Crippen molar-refractivity contribution in [3.63, 3.8) is 0 Å². The Morgan fingerprint density at radius 1 is 1.39 bits per heavy atom. The number of rotatable bonds is 6. The molecule has 124 valence electrons. The Morgan fingerprint density at radius 3 is 2.87 bits per heavy atom. The first-order valence-electron chi connectivity index (χ1n) is 8.53. The molecule has 1 aliphatic carbocycles. The molecule has 23 heavy (non-hydrogen) atoms. The van der Waals surface area contributed by atoms with Crippen LogP contribution < -0.4 is 5.32 Å². The van der Waals surface area contributed by atoms with Crippen LogP contribution in [0, 0.1) is 5.92 Å². The summed E-state index contributed by atoms with van der Waals surface area (Å²) in [5, 5.41) is 9.57. The number of nitrogens with zero attached hydrogens (tertiary/aromatic N) is 2. The normalized spacial score (nSPS) is 17.1. The van der Waals surface area contributed by atoms with Crippen molar-refractivity contribution in [1.29, 1.82) is 0 Å². The summed E-state index contributed by atoms with van der Waals surface area (Å²) in [5.74, 6) is 0.734. The highest BCUT2D eigenvalue weighted by Gasteiger charge is 2.27. The van der Waals surface area contributed by atoms with Gasteiger partial charge in [0, 0.05) is 30.2 Å². The molecule has 0 aliphatic heterocycles. The van der Waals surface area contributed by atoms with Crippen LogP contribution in [-0.4, -0.2) is 15.7 Å². The third-order valence-electron chi connectivity index (χ3n) is 4.82. The Labute approximate surface area is 141 Å². The number of nitrogens with one attached hydrogen (secondary N) is 1. The first-order chi connectivity index (χ1) is 11.2. The number of amides is 1. The van der Waals surface area contributed by atoms with E-state index in [0.717, 1.165) is 12.1 Å². The lowest BCUT2D eigenvalue weighted by Crippen LogP contribution is -2.34. The van der Waals surface area contributed by atoms with E-state index in [4.69, 9.17) is 0 Å². The van der Waals surface area contributed by atoms with Crippen molar-refractivity contribution in [3.8, 4) is 0 Å². The highest BCUT2D eigenvalue weighted by molar-refractivity contribution is 7.10. The topological polar surface area (TPSA) is 46.9 Å². The lowest BCUT2D eigenvalue weighted by molar-refractivity contribution is -0.122. The highest BCUT2D eigenvalue weighted by atomic mass is 32.1. The summed E-state index contributed by atoms with van der Waals surface area (Å²) in [6, 6.07) is 6.41. The van der Waals surface area contributed by atoms with Crippen molar-refractivity contribution in [3.05, 3.63) is 40.3 Å². The minimum absolute atomic E-state index is 0.148. The minimum atomic E-state index is 0.148. The van der Waals surface area contributed by atoms with Gasteiger partial charge in [-0.25, -0.2) is 0 Å². The molecule has 0 unspecified atom stereocenters. The van der Waals surface area contributed by atoms with E-state index in [1.165, 1.54) is 37.0 Å². The van der Waals surface area contributed by atoms with Crippen LogP contribution in [-0.2, 0) is 18.3 Å². The first kappa shape index (κ1) is 16.2. The van der Waals surface area contributed by atoms with Gasteiger partial charge in [0.1, 0.15) is 0 Å². The summed E-state index contributed by atoms with van der Waals surface area (Å²) in [7, 11) is 1.92. The second kappa shape index (κ2) is 7.77. The zero-order chi connectivity index (χ0) is 16.1. The van der Waals surface area contributed by atoms with Crippen LogP contribution in [0.2, 0.25) is 0 Å². The van der Waals surface area contributed by atoms with Crippen LogP contribution in [0.1, 0.15) is 55.1 Å². The molecule has 0 aromatic carbocycles. The summed E-state index contributed by atoms with van der Waals surface area (Å²) < 4.78 is 1.84. The van der Waals surface area contributed by atoms with Gasteiger partial charge in [0.05, 0.1) is 6.04 Å². The molecule has 1 saturated carbocycles. The molecule has 0 bridgehead atoms. The Hall–Kier alpha value is -1.62. The largest absolute Gasteiger partial charge is 0.348 e. The van der Waals surface area contributed by atoms with E-state index >= 15 is 0 Å². The smallest absolute Gasteiger partial charge is 0.220 e. The Kier molecular flexibility index (Phi) is 5.49. The molecule has 4 nitrogen and oxygen atoms in total. The van der Waals surface area contributed by atoms with Crippen molar-refractivity contribution in [1.82, 2.24) is 15.1 Å². The fraction of sp³-hybridized carbons (Fsp3) is 0.556. The first-order valence-corrected chi connectivity index (χ1v) is 9.41. The third kappa shape index (κ3) is 4.22. The van der Waals surface area contributed by atoms with Crippen molar-refractivity contribution >= 4 is 17.2 Å². The summed E-state index contributed by atoms with van der Waals surface area (Å²) in [4.78, 5) is 13.8. The molecule has 1 atom stereocenters. The number of thiophene rings is 1. The van der Waals surface area contributed by atoms with Crippen molar-refractivity contribution in [2.75, 3.05) is 0 Å². The van der Waals surface area contributed by atoms with Crippen molar-refractivity contribution in [2.24, 2.45) is 13.0 Å². The molecule has 1 aliphatic rings. The van der Waals surface area contributed by atoms with Crippen LogP contribution in [0.4, 0.5) is 0 Å². The zero-order valence-corrected chi connectivity index (χ0v) is 14.5. The molecule has 2 heterocycles. The van der Waals surface area contributed by atoms with E-state index in [0.29, 0.717) is 12.3 Å². The molecular weight excluding hydrogens is 306 g/mol. The van der Waals surface area contributed by atoms with E-state index in [-0.39, 0.29) is 11.9 Å². The average molecular weight is 331 g/mol. The van der Waals surface area contributed by atoms with Gasteiger partial charge in [-0.1, -0.05) is 25.3 Å². The van der Waals surface area contributed by atoms with Gasteiger partial charge in [-0.15, -0.1) is 11.3 Å². The van der Waals surface area contributed by atoms with Gasteiger partial charge < -0.3 is 5.32 Å². The third-order valence-corrected chi connectivity index (χ3v) is 5.77. The fourth-order valence-corrected chi connectivity index (χ4v) is 4.36. The quantitative estimate of drug-likeness (QED) is 0.874. The average Bonchev–Trinajstić information content (AvgIpc) is 3.23. The molecule has 0 saturated heterocycles. The SMILES string of the molecule is Cn1nccc1CCC(=O)N[C@@H](c1cccs1)C1CCCCC1. The number of carbonyl (C=O) groups is 1. The Bertz CT molecular complexity index is 614. The standard InChI is InChI=1S/C18H25N3OS/c1-21-15(11-12-19-21)9-10-17(22)20-18(16-8-5-13-23-16)14-6-3-2-4-7-14/h5,8,11-14,18H,2-4,6-7,9-10H2,1H3,(H,20,22)/t18-/m1/s1. The molecule has 1 N–H and O–H groups in total. The molecular formula is C18H25N3OS. The summed E-state index contributed by atoms with van der Waals surface area (Å²) in [6.07, 6.45) is 9.41. The maximum atomic E-state index is 12.5. The van der Waals surface area contributed by atoms with Gasteiger partial charge in [0.15, 0.2) is 0 Å². The Balaban J connectivity index is 1.61. The minimum Gasteiger partial charge on any atom is -0.348 e. The Morgan fingerprint density at radius 2 is 2.22 bits per heavy atom. The summed E-state index contributed by atoms with van der Waals surface area (Å²) >= 11 is 1.76. The maximum Gasteiger partial charge on any atom is 0.220 e. The summed E-state index contributed by atoms with van der Waals surface area (Å²) in [6.45, 7) is 0. The predicted molar refractivity (Wildman–Crippen MR) is 93.3 cm³/mol. The molecule has 1 amide bonds. The van der Waals surface area contributed by atoms with E-state index in [1.807, 2.05) is 17.8 Å². The molecule has 2 aromatic rings. The summed E-state index contributed by atoms with van der Waals surface area (Å²) in [5.41, 5.74) is 1.10. The van der Waals surface area contributed by atoms with Crippen LogP contribution in [0.5, 0.6) is 0 Å². The maximum absolute atomic E-state index is 12.5. The van der Waals surface area contributed by atoms with Crippen molar-refractivity contribution in [2.45, 2.75) is 51.0 Å². The van der Waals surface area contributed by atoms with E-state index in [9.17, 15) is 4.79 Å². The molecule has 1 fully saturated rings. The molecule has 2 aromatic heterocycles. The number of carbonyl (C=O) groups excluding carboxylic acids is 1. The number of hydrogen-bond donors (Lipinski definition) is 1. The van der Waals surface area contributed by atoms with Gasteiger partial charge in [-0.2, -0.15) is 5.10 Å². The van der Waals surface area contributed by atoms with Gasteiger partial charge >= 0.3 is 0 Å². The van der Waals surface area contributed by atoms with E-state index in [2.05, 4.69) is 27.9 Å². The monoisotopic (exact) mass is 331 g/mol. The second-order valence-corrected chi connectivity index (χ2v) is 7.38. The zero-order valence-electron chi connectivity index (χ0n) is 13.7. The van der Waals surface area contributed by atoms with Crippen LogP contribution in [0.25, 0.3) is 0 Å².